The van der Waals surface area contributed by atoms with Gasteiger partial charge >= 0.3 is 5.97 Å². The standard InChI is InChI=1S/C26H38N6O3S/c1-16(2)20-22(27-13-18-9-7-8-10-18)28-14-19(29-20)23(33)32-12-11-31(15-26(32,4)5)25-30-21(17(3)36-25)24(34)35-6/h14,16,18H,7-13,15H2,1-6H3,(H,27,28). The van der Waals surface area contributed by atoms with Crippen molar-refractivity contribution in [2.45, 2.75) is 71.8 Å². The Balaban J connectivity index is 1.48. The normalized spacial score (nSPS) is 18.1. The van der Waals surface area contributed by atoms with Crippen LogP contribution in [0.25, 0.3) is 0 Å². The molecule has 2 aliphatic rings. The minimum Gasteiger partial charge on any atom is -0.464 e. The summed E-state index contributed by atoms with van der Waals surface area (Å²) in [5.41, 5.74) is 1.11. The van der Waals surface area contributed by atoms with E-state index in [-0.39, 0.29) is 11.8 Å². The van der Waals surface area contributed by atoms with Crippen LogP contribution in [0.1, 0.15) is 90.8 Å². The third-order valence-corrected chi connectivity index (χ3v) is 8.21. The maximum absolute atomic E-state index is 13.6. The Morgan fingerprint density at radius 2 is 1.94 bits per heavy atom. The molecule has 0 radical (unpaired) electrons. The molecule has 1 saturated carbocycles. The molecule has 2 aromatic heterocycles. The number of esters is 1. The number of aromatic nitrogens is 3. The summed E-state index contributed by atoms with van der Waals surface area (Å²) < 4.78 is 4.85. The van der Waals surface area contributed by atoms with Gasteiger partial charge in [-0.05, 0) is 45.4 Å². The first kappa shape index (κ1) is 26.3. The summed E-state index contributed by atoms with van der Waals surface area (Å²) in [7, 11) is 1.36. The maximum Gasteiger partial charge on any atom is 0.357 e. The predicted molar refractivity (Wildman–Crippen MR) is 142 cm³/mol. The zero-order chi connectivity index (χ0) is 26.0. The number of carbonyl (C=O) groups excluding carboxylic acids is 2. The number of anilines is 2. The van der Waals surface area contributed by atoms with Gasteiger partial charge in [0.25, 0.3) is 5.91 Å². The topological polar surface area (TPSA) is 101 Å². The second kappa shape index (κ2) is 10.7. The largest absolute Gasteiger partial charge is 0.464 e. The van der Waals surface area contributed by atoms with Crippen molar-refractivity contribution in [2.24, 2.45) is 5.92 Å². The van der Waals surface area contributed by atoms with Crippen LogP contribution in [0.2, 0.25) is 0 Å². The Morgan fingerprint density at radius 3 is 2.58 bits per heavy atom. The van der Waals surface area contributed by atoms with Crippen molar-refractivity contribution in [3.05, 3.63) is 28.2 Å². The Morgan fingerprint density at radius 1 is 1.22 bits per heavy atom. The van der Waals surface area contributed by atoms with Crippen LogP contribution in [-0.4, -0.2) is 70.6 Å². The first-order valence-electron chi connectivity index (χ1n) is 12.8. The van der Waals surface area contributed by atoms with E-state index in [4.69, 9.17) is 9.72 Å². The third-order valence-electron chi connectivity index (χ3n) is 7.18. The first-order chi connectivity index (χ1) is 17.1. The molecule has 1 aliphatic heterocycles. The Kier molecular flexibility index (Phi) is 7.82. The fraction of sp³-hybridized carbons (Fsp3) is 0.654. The number of piperazine rings is 1. The van der Waals surface area contributed by atoms with Gasteiger partial charge in [-0.15, -0.1) is 11.3 Å². The highest BCUT2D eigenvalue weighted by Crippen LogP contribution is 2.32. The van der Waals surface area contributed by atoms with E-state index >= 15 is 0 Å². The molecule has 1 amide bonds. The van der Waals surface area contributed by atoms with E-state index < -0.39 is 11.5 Å². The van der Waals surface area contributed by atoms with Crippen LogP contribution >= 0.6 is 11.3 Å². The molecule has 2 aromatic rings. The van der Waals surface area contributed by atoms with Crippen LogP contribution in [0.4, 0.5) is 10.9 Å². The third kappa shape index (κ3) is 5.48. The van der Waals surface area contributed by atoms with Gasteiger partial charge in [-0.2, -0.15) is 0 Å². The van der Waals surface area contributed by atoms with Crippen LogP contribution < -0.4 is 10.2 Å². The van der Waals surface area contributed by atoms with Crippen molar-refractivity contribution in [2.75, 3.05) is 43.5 Å². The van der Waals surface area contributed by atoms with E-state index in [9.17, 15) is 9.59 Å². The van der Waals surface area contributed by atoms with Crippen molar-refractivity contribution in [1.29, 1.82) is 0 Å². The molecule has 1 aliphatic carbocycles. The molecule has 0 atom stereocenters. The number of nitrogens with zero attached hydrogens (tertiary/aromatic N) is 5. The molecular weight excluding hydrogens is 476 g/mol. The zero-order valence-corrected chi connectivity index (χ0v) is 23.1. The highest BCUT2D eigenvalue weighted by Gasteiger charge is 2.39. The van der Waals surface area contributed by atoms with E-state index in [0.717, 1.165) is 28.1 Å². The second-order valence-corrected chi connectivity index (χ2v) is 11.9. The minimum absolute atomic E-state index is 0.109. The zero-order valence-electron chi connectivity index (χ0n) is 22.3. The molecule has 1 saturated heterocycles. The molecule has 0 unspecified atom stereocenters. The van der Waals surface area contributed by atoms with E-state index in [1.54, 1.807) is 6.20 Å². The summed E-state index contributed by atoms with van der Waals surface area (Å²) >= 11 is 1.47. The van der Waals surface area contributed by atoms with Gasteiger partial charge in [0.2, 0.25) is 0 Å². The van der Waals surface area contributed by atoms with Gasteiger partial charge in [-0.1, -0.05) is 26.7 Å². The number of hydrogen-bond acceptors (Lipinski definition) is 9. The highest BCUT2D eigenvalue weighted by atomic mass is 32.1. The Bertz CT molecular complexity index is 1110. The molecule has 0 bridgehead atoms. The first-order valence-corrected chi connectivity index (χ1v) is 13.7. The molecule has 1 N–H and O–H groups in total. The van der Waals surface area contributed by atoms with Crippen LogP contribution in [-0.2, 0) is 4.74 Å². The molecule has 196 valence electrons. The fourth-order valence-electron chi connectivity index (χ4n) is 5.14. The lowest BCUT2D eigenvalue weighted by molar-refractivity contribution is 0.0507. The predicted octanol–water partition coefficient (Wildman–Crippen LogP) is 4.49. The summed E-state index contributed by atoms with van der Waals surface area (Å²) in [6.45, 7) is 12.8. The average molecular weight is 515 g/mol. The quantitative estimate of drug-likeness (QED) is 0.539. The summed E-state index contributed by atoms with van der Waals surface area (Å²) in [5.74, 6) is 1.10. The lowest BCUT2D eigenvalue weighted by atomic mass is 9.98. The van der Waals surface area contributed by atoms with Crippen LogP contribution in [0.5, 0.6) is 0 Å². The minimum atomic E-state index is -0.459. The molecular formula is C26H38N6O3S. The van der Waals surface area contributed by atoms with Crippen LogP contribution in [0.3, 0.4) is 0 Å². The number of ether oxygens (including phenoxy) is 1. The van der Waals surface area contributed by atoms with E-state index in [1.165, 1.54) is 44.1 Å². The SMILES string of the molecule is COC(=O)c1nc(N2CCN(C(=O)c3cnc(NCC4CCCC4)c(C(C)C)n3)C(C)(C)C2)sc1C. The molecule has 2 fully saturated rings. The monoisotopic (exact) mass is 514 g/mol. The molecule has 4 rings (SSSR count). The van der Waals surface area contributed by atoms with Gasteiger partial charge in [0.15, 0.2) is 10.8 Å². The Labute approximate surface area is 217 Å². The number of amides is 1. The maximum atomic E-state index is 13.6. The molecule has 36 heavy (non-hydrogen) atoms. The molecule has 0 spiro atoms. The molecule has 3 heterocycles. The van der Waals surface area contributed by atoms with Crippen molar-refractivity contribution in [3.8, 4) is 0 Å². The fourth-order valence-corrected chi connectivity index (χ4v) is 6.06. The number of rotatable bonds is 7. The number of nitrogens with one attached hydrogen (secondary N) is 1. The van der Waals surface area contributed by atoms with Crippen molar-refractivity contribution in [3.63, 3.8) is 0 Å². The lowest BCUT2D eigenvalue weighted by Gasteiger charge is -2.47. The van der Waals surface area contributed by atoms with Crippen LogP contribution in [0.15, 0.2) is 6.20 Å². The summed E-state index contributed by atoms with van der Waals surface area (Å²) in [5, 5.41) is 4.27. The van der Waals surface area contributed by atoms with Crippen molar-refractivity contribution in [1.82, 2.24) is 19.9 Å². The smallest absolute Gasteiger partial charge is 0.357 e. The van der Waals surface area contributed by atoms with E-state index in [0.29, 0.717) is 36.9 Å². The van der Waals surface area contributed by atoms with E-state index in [1.807, 2.05) is 25.7 Å². The summed E-state index contributed by atoms with van der Waals surface area (Å²) in [6, 6.07) is 0. The van der Waals surface area contributed by atoms with Gasteiger partial charge in [-0.25, -0.2) is 19.7 Å². The van der Waals surface area contributed by atoms with Gasteiger partial charge in [0.05, 0.1) is 24.5 Å². The summed E-state index contributed by atoms with van der Waals surface area (Å²) in [4.78, 5) is 44.4. The second-order valence-electron chi connectivity index (χ2n) is 10.8. The number of aryl methyl sites for hydroxylation is 1. The van der Waals surface area contributed by atoms with Gasteiger partial charge in [0, 0.05) is 31.1 Å². The number of carbonyl (C=O) groups is 2. The van der Waals surface area contributed by atoms with Gasteiger partial charge in [-0.3, -0.25) is 4.79 Å². The lowest BCUT2D eigenvalue weighted by Crippen LogP contribution is -2.61. The summed E-state index contributed by atoms with van der Waals surface area (Å²) in [6.07, 6.45) is 6.75. The number of methoxy groups -OCH3 is 1. The molecule has 0 aromatic carbocycles. The highest BCUT2D eigenvalue weighted by molar-refractivity contribution is 7.15. The number of thiazole rings is 1. The Hall–Kier alpha value is -2.75. The van der Waals surface area contributed by atoms with Gasteiger partial charge in [0.1, 0.15) is 11.5 Å². The molecule has 9 nitrogen and oxygen atoms in total. The number of hydrogen-bond donors (Lipinski definition) is 1. The van der Waals surface area contributed by atoms with Crippen LogP contribution in [0, 0.1) is 12.8 Å². The average Bonchev–Trinajstić information content (AvgIpc) is 3.50. The van der Waals surface area contributed by atoms with Crippen molar-refractivity contribution < 1.29 is 14.3 Å². The molecule has 10 heteroatoms. The van der Waals surface area contributed by atoms with Crippen molar-refractivity contribution >= 4 is 34.2 Å². The van der Waals surface area contributed by atoms with Gasteiger partial charge < -0.3 is 19.9 Å². The van der Waals surface area contributed by atoms with E-state index in [2.05, 4.69) is 34.0 Å².